The lowest BCUT2D eigenvalue weighted by Gasteiger charge is -2.23. The largest absolute Gasteiger partial charge is 0.497 e. The molecule has 2 aromatic carbocycles. The number of hydrogen-bond donors (Lipinski definition) is 2. The van der Waals surface area contributed by atoms with Crippen molar-refractivity contribution in [3.8, 4) is 11.5 Å². The van der Waals surface area contributed by atoms with E-state index in [4.69, 9.17) is 9.47 Å². The maximum Gasteiger partial charge on any atom is 0.279 e. The van der Waals surface area contributed by atoms with E-state index in [9.17, 15) is 4.79 Å². The molecule has 1 aliphatic heterocycles. The summed E-state index contributed by atoms with van der Waals surface area (Å²) in [5.41, 5.74) is 3.27. The molecule has 0 radical (unpaired) electrons. The minimum Gasteiger partial charge on any atom is -0.497 e. The average molecular weight is 353 g/mol. The SMILES string of the molecule is COc1ccc(OC)c(NC(=O)C[NH+]2CC=C(c3ccccc3)CC2)c1. The molecule has 2 aromatic rings. The van der Waals surface area contributed by atoms with Crippen LogP contribution in [0.1, 0.15) is 12.0 Å². The van der Waals surface area contributed by atoms with Crippen molar-refractivity contribution in [2.24, 2.45) is 0 Å². The fourth-order valence-electron chi connectivity index (χ4n) is 3.19. The second kappa shape index (κ2) is 8.54. The topological polar surface area (TPSA) is 52.0 Å². The van der Waals surface area contributed by atoms with Gasteiger partial charge < -0.3 is 19.7 Å². The smallest absolute Gasteiger partial charge is 0.279 e. The Hall–Kier alpha value is -2.79. The summed E-state index contributed by atoms with van der Waals surface area (Å²) in [6, 6.07) is 15.8. The Bertz CT molecular complexity index is 787. The molecule has 0 spiro atoms. The molecule has 0 fully saturated rings. The third kappa shape index (κ3) is 4.43. The van der Waals surface area contributed by atoms with E-state index in [1.54, 1.807) is 32.4 Å². The molecule has 136 valence electrons. The first-order chi connectivity index (χ1) is 12.7. The Balaban J connectivity index is 1.59. The zero-order chi connectivity index (χ0) is 18.4. The summed E-state index contributed by atoms with van der Waals surface area (Å²) in [7, 11) is 3.19. The molecular formula is C21H25N2O3+. The minimum atomic E-state index is -0.0249. The molecule has 3 rings (SSSR count). The molecule has 5 heteroatoms. The Kier molecular flexibility index (Phi) is 5.92. The highest BCUT2D eigenvalue weighted by molar-refractivity contribution is 5.93. The second-order valence-electron chi connectivity index (χ2n) is 6.34. The summed E-state index contributed by atoms with van der Waals surface area (Å²) in [6.45, 7) is 2.23. The number of carbonyl (C=O) groups excluding carboxylic acids is 1. The summed E-state index contributed by atoms with van der Waals surface area (Å²) in [5, 5.41) is 2.94. The van der Waals surface area contributed by atoms with E-state index >= 15 is 0 Å². The first-order valence-electron chi connectivity index (χ1n) is 8.79. The molecule has 5 nitrogen and oxygen atoms in total. The van der Waals surface area contributed by atoms with Crippen LogP contribution in [0.4, 0.5) is 5.69 Å². The van der Waals surface area contributed by atoms with Crippen molar-refractivity contribution in [2.45, 2.75) is 6.42 Å². The van der Waals surface area contributed by atoms with Crippen LogP contribution in [0, 0.1) is 0 Å². The standard InChI is InChI=1S/C21H24N2O3/c1-25-18-8-9-20(26-2)19(14-18)22-21(24)15-23-12-10-17(11-13-23)16-6-4-3-5-7-16/h3-10,14H,11-13,15H2,1-2H3,(H,22,24)/p+1. The molecule has 0 bridgehead atoms. The van der Waals surface area contributed by atoms with Crippen LogP contribution in [-0.2, 0) is 4.79 Å². The highest BCUT2D eigenvalue weighted by Crippen LogP contribution is 2.28. The van der Waals surface area contributed by atoms with Gasteiger partial charge in [-0.05, 0) is 29.3 Å². The van der Waals surface area contributed by atoms with E-state index in [2.05, 4.69) is 35.7 Å². The van der Waals surface area contributed by atoms with Crippen molar-refractivity contribution < 1.29 is 19.2 Å². The number of quaternary nitrogens is 1. The molecule has 1 atom stereocenters. The van der Waals surface area contributed by atoms with Gasteiger partial charge in [-0.15, -0.1) is 0 Å². The maximum atomic E-state index is 12.5. The van der Waals surface area contributed by atoms with Gasteiger partial charge in [-0.25, -0.2) is 0 Å². The van der Waals surface area contributed by atoms with Crippen LogP contribution in [0.5, 0.6) is 11.5 Å². The van der Waals surface area contributed by atoms with Gasteiger partial charge in [-0.1, -0.05) is 30.3 Å². The quantitative estimate of drug-likeness (QED) is 0.835. The van der Waals surface area contributed by atoms with Crippen molar-refractivity contribution >= 4 is 17.2 Å². The Labute approximate surface area is 154 Å². The molecule has 0 saturated heterocycles. The summed E-state index contributed by atoms with van der Waals surface area (Å²) >= 11 is 0. The molecular weight excluding hydrogens is 328 g/mol. The monoisotopic (exact) mass is 353 g/mol. The van der Waals surface area contributed by atoms with Gasteiger partial charge in [0.1, 0.15) is 11.5 Å². The Morgan fingerprint density at radius 3 is 2.58 bits per heavy atom. The van der Waals surface area contributed by atoms with Crippen molar-refractivity contribution in [1.29, 1.82) is 0 Å². The van der Waals surface area contributed by atoms with Crippen LogP contribution in [-0.4, -0.2) is 39.8 Å². The van der Waals surface area contributed by atoms with Crippen molar-refractivity contribution in [1.82, 2.24) is 0 Å². The zero-order valence-electron chi connectivity index (χ0n) is 15.2. The molecule has 1 heterocycles. The number of benzene rings is 2. The van der Waals surface area contributed by atoms with E-state index in [0.29, 0.717) is 23.7 Å². The number of amides is 1. The first-order valence-corrected chi connectivity index (χ1v) is 8.79. The van der Waals surface area contributed by atoms with Gasteiger partial charge >= 0.3 is 0 Å². The van der Waals surface area contributed by atoms with Crippen LogP contribution < -0.4 is 19.7 Å². The Morgan fingerprint density at radius 2 is 1.92 bits per heavy atom. The lowest BCUT2D eigenvalue weighted by Crippen LogP contribution is -3.13. The van der Waals surface area contributed by atoms with Crippen LogP contribution >= 0.6 is 0 Å². The van der Waals surface area contributed by atoms with E-state index in [0.717, 1.165) is 19.5 Å². The molecule has 1 amide bonds. The normalized spacial score (nSPS) is 16.5. The maximum absolute atomic E-state index is 12.5. The van der Waals surface area contributed by atoms with Crippen molar-refractivity contribution in [3.63, 3.8) is 0 Å². The molecule has 1 aliphatic rings. The van der Waals surface area contributed by atoms with Crippen LogP contribution in [0.3, 0.4) is 0 Å². The third-order valence-corrected chi connectivity index (χ3v) is 4.62. The first kappa shape index (κ1) is 18.0. The van der Waals surface area contributed by atoms with Crippen LogP contribution in [0.25, 0.3) is 5.57 Å². The minimum absolute atomic E-state index is 0.0249. The van der Waals surface area contributed by atoms with Crippen molar-refractivity contribution in [3.05, 3.63) is 60.2 Å². The van der Waals surface area contributed by atoms with Gasteiger partial charge in [0, 0.05) is 12.5 Å². The predicted octanol–water partition coefficient (Wildman–Crippen LogP) is 2.01. The number of hydrogen-bond acceptors (Lipinski definition) is 3. The summed E-state index contributed by atoms with van der Waals surface area (Å²) < 4.78 is 10.5. The second-order valence-corrected chi connectivity index (χ2v) is 6.34. The number of anilines is 1. The van der Waals surface area contributed by atoms with Gasteiger partial charge in [-0.2, -0.15) is 0 Å². The number of methoxy groups -OCH3 is 2. The molecule has 0 aromatic heterocycles. The number of rotatable bonds is 6. The van der Waals surface area contributed by atoms with Gasteiger partial charge in [-0.3, -0.25) is 4.79 Å². The van der Waals surface area contributed by atoms with Gasteiger partial charge in [0.05, 0.1) is 33.0 Å². The lowest BCUT2D eigenvalue weighted by atomic mass is 10.00. The molecule has 0 saturated carbocycles. The van der Waals surface area contributed by atoms with E-state index < -0.39 is 0 Å². The van der Waals surface area contributed by atoms with Crippen molar-refractivity contribution in [2.75, 3.05) is 39.2 Å². The fraction of sp³-hybridized carbons (Fsp3) is 0.286. The summed E-state index contributed by atoms with van der Waals surface area (Å²) in [5.74, 6) is 1.28. The molecule has 26 heavy (non-hydrogen) atoms. The highest BCUT2D eigenvalue weighted by atomic mass is 16.5. The van der Waals surface area contributed by atoms with Crippen LogP contribution in [0.2, 0.25) is 0 Å². The number of carbonyl (C=O) groups is 1. The van der Waals surface area contributed by atoms with E-state index in [1.807, 2.05) is 6.07 Å². The lowest BCUT2D eigenvalue weighted by molar-refractivity contribution is -0.886. The third-order valence-electron chi connectivity index (χ3n) is 4.62. The molecule has 2 N–H and O–H groups in total. The summed E-state index contributed by atoms with van der Waals surface area (Å²) in [4.78, 5) is 13.7. The van der Waals surface area contributed by atoms with Gasteiger partial charge in [0.2, 0.25) is 0 Å². The predicted molar refractivity (Wildman–Crippen MR) is 103 cm³/mol. The molecule has 0 aliphatic carbocycles. The molecule has 1 unspecified atom stereocenters. The fourth-order valence-corrected chi connectivity index (χ4v) is 3.19. The Morgan fingerprint density at radius 1 is 1.12 bits per heavy atom. The van der Waals surface area contributed by atoms with Gasteiger partial charge in [0.15, 0.2) is 6.54 Å². The van der Waals surface area contributed by atoms with Gasteiger partial charge in [0.25, 0.3) is 5.91 Å². The number of nitrogens with one attached hydrogen (secondary N) is 2. The van der Waals surface area contributed by atoms with E-state index in [-0.39, 0.29) is 5.91 Å². The number of ether oxygens (including phenoxy) is 2. The van der Waals surface area contributed by atoms with E-state index in [1.165, 1.54) is 16.0 Å². The highest BCUT2D eigenvalue weighted by Gasteiger charge is 2.19. The summed E-state index contributed by atoms with van der Waals surface area (Å²) in [6.07, 6.45) is 3.22. The average Bonchev–Trinajstić information content (AvgIpc) is 2.69. The van der Waals surface area contributed by atoms with Crippen LogP contribution in [0.15, 0.2) is 54.6 Å². The zero-order valence-corrected chi connectivity index (χ0v) is 15.2.